The van der Waals surface area contributed by atoms with Crippen LogP contribution in [0.5, 0.6) is 0 Å². The predicted octanol–water partition coefficient (Wildman–Crippen LogP) is 5.44. The largest absolute Gasteiger partial charge is 0.468 e. The van der Waals surface area contributed by atoms with Crippen molar-refractivity contribution in [3.63, 3.8) is 0 Å². The Morgan fingerprint density at radius 2 is 1.96 bits per heavy atom. The molecule has 3 N–H and O–H groups in total. The van der Waals surface area contributed by atoms with E-state index >= 15 is 0 Å². The van der Waals surface area contributed by atoms with Crippen LogP contribution >= 0.6 is 59.0 Å². The van der Waals surface area contributed by atoms with Crippen molar-refractivity contribution in [3.05, 3.63) is 65.2 Å². The van der Waals surface area contributed by atoms with Gasteiger partial charge < -0.3 is 15.5 Å². The van der Waals surface area contributed by atoms with E-state index in [0.29, 0.717) is 11.6 Å². The second-order valence-corrected chi connectivity index (χ2v) is 8.43. The summed E-state index contributed by atoms with van der Waals surface area (Å²) in [6.45, 7) is 4.78. The lowest BCUT2D eigenvalue weighted by Crippen LogP contribution is -2.58. The summed E-state index contributed by atoms with van der Waals surface area (Å²) in [5.41, 5.74) is 8.25. The average molecular weight is 529 g/mol. The molecule has 2 aromatic heterocycles. The number of benzene rings is 1. The molecule has 1 unspecified atom stereocenters. The van der Waals surface area contributed by atoms with Crippen LogP contribution in [0, 0.1) is 0 Å². The number of nitrogens with zero attached hydrogens (tertiary/aromatic N) is 1. The summed E-state index contributed by atoms with van der Waals surface area (Å²) < 4.78 is 4.74. The Labute approximate surface area is 184 Å². The third kappa shape index (κ3) is 4.64. The van der Waals surface area contributed by atoms with Crippen LogP contribution in [-0.2, 0) is 10.1 Å². The van der Waals surface area contributed by atoms with E-state index in [-0.39, 0.29) is 24.8 Å². The Balaban J connectivity index is 0.00000169. The molecule has 1 aromatic carbocycles. The van der Waals surface area contributed by atoms with E-state index in [2.05, 4.69) is 46.7 Å². The van der Waals surface area contributed by atoms with Crippen LogP contribution in [0.1, 0.15) is 25.2 Å². The molecule has 0 saturated heterocycles. The first-order valence-corrected chi connectivity index (χ1v) is 9.07. The number of rotatable bonds is 5. The van der Waals surface area contributed by atoms with Crippen molar-refractivity contribution >= 4 is 69.9 Å². The van der Waals surface area contributed by atoms with E-state index in [9.17, 15) is 0 Å². The van der Waals surface area contributed by atoms with Crippen LogP contribution in [0.25, 0.3) is 10.9 Å². The first-order valence-electron chi connectivity index (χ1n) is 7.61. The molecule has 3 rings (SSSR count). The highest BCUT2D eigenvalue weighted by atomic mass is 127. The lowest BCUT2D eigenvalue weighted by Gasteiger charge is -2.41. The molecule has 0 aliphatic carbocycles. The van der Waals surface area contributed by atoms with Crippen LogP contribution in [-0.4, -0.2) is 10.5 Å². The van der Waals surface area contributed by atoms with Crippen LogP contribution in [0.3, 0.4) is 0 Å². The summed E-state index contributed by atoms with van der Waals surface area (Å²) in [5, 5.41) is 5.17. The highest BCUT2D eigenvalue weighted by Crippen LogP contribution is 2.40. The molecule has 0 bridgehead atoms. The zero-order valence-corrected chi connectivity index (χ0v) is 18.9. The monoisotopic (exact) mass is 527 g/mol. The summed E-state index contributed by atoms with van der Waals surface area (Å²) in [5.74, 6) is 0.877. The molecule has 3 aromatic rings. The minimum absolute atomic E-state index is 0. The van der Waals surface area contributed by atoms with Gasteiger partial charge in [-0.05, 0) is 49.7 Å². The third-order valence-corrected chi connectivity index (χ3v) is 6.46. The van der Waals surface area contributed by atoms with Gasteiger partial charge in [0.05, 0.1) is 18.3 Å². The number of fused-ring (bicyclic) bond motifs is 1. The van der Waals surface area contributed by atoms with Crippen LogP contribution in [0.4, 0.5) is 0 Å². The number of furan rings is 1. The first-order chi connectivity index (χ1) is 11.3. The average Bonchev–Trinajstić information content (AvgIpc) is 3.05. The Bertz CT molecular complexity index is 854. The van der Waals surface area contributed by atoms with Crippen molar-refractivity contribution in [2.24, 2.45) is 5.73 Å². The van der Waals surface area contributed by atoms with Gasteiger partial charge in [-0.1, -0.05) is 40.3 Å². The van der Waals surface area contributed by atoms with E-state index in [1.165, 1.54) is 0 Å². The van der Waals surface area contributed by atoms with E-state index in [0.717, 1.165) is 22.2 Å². The molecule has 8 heteroatoms. The molecule has 0 fully saturated rings. The van der Waals surface area contributed by atoms with Crippen LogP contribution in [0.2, 0.25) is 5.02 Å². The maximum absolute atomic E-state index is 6.79. The molecule has 0 aliphatic heterocycles. The molecular formula is C18H21Cl3IN3O. The molecule has 0 spiro atoms. The molecule has 2 heterocycles. The second kappa shape index (κ2) is 9.08. The Kier molecular flexibility index (Phi) is 8.20. The Morgan fingerprint density at radius 1 is 1.23 bits per heavy atom. The quantitative estimate of drug-likeness (QED) is 0.263. The number of aromatic nitrogens is 1. The minimum atomic E-state index is -0.660. The summed E-state index contributed by atoms with van der Waals surface area (Å²) in [6.07, 6.45) is 3.45. The fraction of sp³-hybridized carbons (Fsp3) is 0.278. The standard InChI is InChI=1S/C18H19ClIN3O.2ClH/c1-17(2,23-11-13-4-3-9-24-13)18(20,21)15-7-8-22-16-10-12(19)5-6-14(15)16;;/h3-10,23H,11,21H2,1-2H3;2*1H. The zero-order chi connectivity index (χ0) is 17.4. The molecular weight excluding hydrogens is 507 g/mol. The van der Waals surface area contributed by atoms with E-state index in [1.807, 2.05) is 36.4 Å². The Morgan fingerprint density at radius 3 is 2.62 bits per heavy atom. The number of halogens is 4. The van der Waals surface area contributed by atoms with Crippen molar-refractivity contribution in [2.45, 2.75) is 29.5 Å². The number of hydrogen-bond donors (Lipinski definition) is 2. The van der Waals surface area contributed by atoms with Gasteiger partial charge in [0.25, 0.3) is 0 Å². The lowest BCUT2D eigenvalue weighted by atomic mass is 9.87. The maximum atomic E-state index is 6.79. The fourth-order valence-electron chi connectivity index (χ4n) is 2.63. The zero-order valence-electron chi connectivity index (χ0n) is 14.3. The van der Waals surface area contributed by atoms with Crippen molar-refractivity contribution in [1.82, 2.24) is 10.3 Å². The topological polar surface area (TPSA) is 64.1 Å². The molecule has 0 amide bonds. The summed E-state index contributed by atoms with van der Waals surface area (Å²) in [7, 11) is 0. The van der Waals surface area contributed by atoms with Crippen molar-refractivity contribution in [2.75, 3.05) is 0 Å². The van der Waals surface area contributed by atoms with Gasteiger partial charge >= 0.3 is 0 Å². The normalized spacial score (nSPS) is 13.6. The highest BCUT2D eigenvalue weighted by molar-refractivity contribution is 14.1. The summed E-state index contributed by atoms with van der Waals surface area (Å²) >= 11 is 8.39. The van der Waals surface area contributed by atoms with Crippen molar-refractivity contribution < 1.29 is 4.42 Å². The van der Waals surface area contributed by atoms with Gasteiger partial charge in [-0.25, -0.2) is 0 Å². The molecule has 142 valence electrons. The predicted molar refractivity (Wildman–Crippen MR) is 121 cm³/mol. The third-order valence-electron chi connectivity index (χ3n) is 4.29. The SMILES string of the molecule is CC(C)(NCc1ccco1)C(N)(I)c1ccnc2cc(Cl)ccc12.Cl.Cl. The smallest absolute Gasteiger partial charge is 0.117 e. The summed E-state index contributed by atoms with van der Waals surface area (Å²) in [4.78, 5) is 4.41. The first kappa shape index (κ1) is 23.5. The summed E-state index contributed by atoms with van der Waals surface area (Å²) in [6, 6.07) is 11.5. The van der Waals surface area contributed by atoms with Gasteiger partial charge in [0.1, 0.15) is 9.31 Å². The lowest BCUT2D eigenvalue weighted by molar-refractivity contribution is 0.295. The number of nitrogens with one attached hydrogen (secondary N) is 1. The Hall–Kier alpha value is -0.570. The van der Waals surface area contributed by atoms with Gasteiger partial charge in [0.15, 0.2) is 0 Å². The van der Waals surface area contributed by atoms with Gasteiger partial charge in [-0.2, -0.15) is 0 Å². The molecule has 0 radical (unpaired) electrons. The second-order valence-electron chi connectivity index (χ2n) is 6.29. The molecule has 1 atom stereocenters. The molecule has 0 saturated carbocycles. The number of nitrogens with two attached hydrogens (primary N) is 1. The number of alkyl halides is 1. The highest BCUT2D eigenvalue weighted by Gasteiger charge is 2.42. The van der Waals surface area contributed by atoms with Gasteiger partial charge in [0.2, 0.25) is 0 Å². The van der Waals surface area contributed by atoms with E-state index < -0.39 is 9.08 Å². The molecule has 4 nitrogen and oxygen atoms in total. The van der Waals surface area contributed by atoms with Gasteiger partial charge in [-0.3, -0.25) is 4.98 Å². The maximum Gasteiger partial charge on any atom is 0.117 e. The van der Waals surface area contributed by atoms with Crippen molar-refractivity contribution in [1.29, 1.82) is 0 Å². The van der Waals surface area contributed by atoms with Crippen LogP contribution < -0.4 is 11.1 Å². The van der Waals surface area contributed by atoms with E-state index in [1.54, 1.807) is 12.5 Å². The van der Waals surface area contributed by atoms with Gasteiger partial charge in [0, 0.05) is 22.1 Å². The van der Waals surface area contributed by atoms with Crippen LogP contribution in [0.15, 0.2) is 53.3 Å². The number of pyridine rings is 1. The van der Waals surface area contributed by atoms with Gasteiger partial charge in [-0.15, -0.1) is 24.8 Å². The molecule has 0 aliphatic rings. The van der Waals surface area contributed by atoms with E-state index in [4.69, 9.17) is 21.8 Å². The van der Waals surface area contributed by atoms with Crippen molar-refractivity contribution in [3.8, 4) is 0 Å². The molecule has 26 heavy (non-hydrogen) atoms. The number of hydrogen-bond acceptors (Lipinski definition) is 4. The fourth-order valence-corrected chi connectivity index (χ4v) is 3.45. The minimum Gasteiger partial charge on any atom is -0.468 e.